The van der Waals surface area contributed by atoms with Crippen molar-refractivity contribution in [1.82, 2.24) is 0 Å². The van der Waals surface area contributed by atoms with Crippen LogP contribution in [0.3, 0.4) is 0 Å². The van der Waals surface area contributed by atoms with Crippen LogP contribution in [0.15, 0.2) is 91.5 Å². The molecule has 0 aliphatic carbocycles. The van der Waals surface area contributed by atoms with Crippen LogP contribution in [0, 0.1) is 0 Å². The van der Waals surface area contributed by atoms with Crippen LogP contribution in [0.25, 0.3) is 0 Å². The van der Waals surface area contributed by atoms with Crippen molar-refractivity contribution in [3.63, 3.8) is 0 Å². The zero-order valence-electron chi connectivity index (χ0n) is 28.1. The largest absolute Gasteiger partial charge is 0.497 e. The molecule has 5 rings (SSSR count). The molecule has 0 amide bonds. The van der Waals surface area contributed by atoms with Gasteiger partial charge in [-0.1, -0.05) is 60.7 Å². The minimum atomic E-state index is -0.800. The van der Waals surface area contributed by atoms with E-state index in [0.29, 0.717) is 19.6 Å². The van der Waals surface area contributed by atoms with Crippen molar-refractivity contribution in [1.29, 1.82) is 0 Å². The fourth-order valence-corrected chi connectivity index (χ4v) is 5.87. The molecule has 0 radical (unpaired) electrons. The minimum absolute atomic E-state index is 0.271. The highest BCUT2D eigenvalue weighted by Crippen LogP contribution is 2.34. The average Bonchev–Trinajstić information content (AvgIpc) is 3.12. The highest BCUT2D eigenvalue weighted by molar-refractivity contribution is 5.27. The molecule has 10 nitrogen and oxygen atoms in total. The van der Waals surface area contributed by atoms with Gasteiger partial charge in [0.15, 0.2) is 12.6 Å². The number of hydrogen-bond acceptors (Lipinski definition) is 10. The lowest BCUT2D eigenvalue weighted by Gasteiger charge is -2.47. The van der Waals surface area contributed by atoms with Crippen LogP contribution in [0.5, 0.6) is 11.5 Å². The molecule has 2 aliphatic heterocycles. The molecule has 2 fully saturated rings. The Labute approximate surface area is 283 Å². The Bertz CT molecular complexity index is 1370. The zero-order chi connectivity index (χ0) is 33.9. The molecule has 2 heterocycles. The molecule has 9 atom stereocenters. The fraction of sp³-hybridized carbons (Fsp3) is 0.474. The second-order valence-corrected chi connectivity index (χ2v) is 12.0. The van der Waals surface area contributed by atoms with Gasteiger partial charge in [-0.25, -0.2) is 0 Å². The summed E-state index contributed by atoms with van der Waals surface area (Å²) in [6.45, 7) is 8.64. The third-order valence-corrected chi connectivity index (χ3v) is 8.58. The van der Waals surface area contributed by atoms with E-state index < -0.39 is 55.3 Å². The quantitative estimate of drug-likeness (QED) is 0.195. The Hall–Kier alpha value is -3.32. The molecule has 0 aromatic heterocycles. The van der Waals surface area contributed by atoms with E-state index in [1.54, 1.807) is 27.2 Å². The first kappa shape index (κ1) is 36.0. The van der Waals surface area contributed by atoms with Crippen molar-refractivity contribution < 1.29 is 47.7 Å². The maximum Gasteiger partial charge on any atom is 0.187 e. The summed E-state index contributed by atoms with van der Waals surface area (Å²) in [5, 5.41) is 10.7. The van der Waals surface area contributed by atoms with E-state index in [4.69, 9.17) is 42.6 Å². The molecule has 1 unspecified atom stereocenters. The second kappa shape index (κ2) is 17.9. The predicted octanol–water partition coefficient (Wildman–Crippen LogP) is 5.59. The standard InChI is InChI=1S/C38H48O10/c1-6-20-42-32-21-33(46-25(2)34(32)39)48-35-26(3)47-38(45-24-29-14-18-31(41-5)19-15-29)37(36(35)43-22-27-10-8-7-9-11-27)44-23-28-12-16-30(40-4)17-13-28/h6-19,25-26,32-39H,1,20-24H2,2-5H3/t25-,26-,32-,33+,34-,35-,36+,37-,38?/m1/s1. The number of benzene rings is 3. The van der Waals surface area contributed by atoms with Gasteiger partial charge in [0.2, 0.25) is 0 Å². The molecule has 2 saturated heterocycles. The lowest BCUT2D eigenvalue weighted by molar-refractivity contribution is -0.349. The Morgan fingerprint density at radius 1 is 0.688 bits per heavy atom. The smallest absolute Gasteiger partial charge is 0.187 e. The number of hydrogen-bond donors (Lipinski definition) is 1. The van der Waals surface area contributed by atoms with Gasteiger partial charge in [0.25, 0.3) is 0 Å². The molecule has 10 heteroatoms. The van der Waals surface area contributed by atoms with Gasteiger partial charge >= 0.3 is 0 Å². The predicted molar refractivity (Wildman–Crippen MR) is 178 cm³/mol. The summed E-state index contributed by atoms with van der Waals surface area (Å²) in [5.74, 6) is 1.52. The van der Waals surface area contributed by atoms with Gasteiger partial charge in [0.1, 0.15) is 35.9 Å². The molecule has 3 aromatic carbocycles. The molecule has 3 aromatic rings. The zero-order valence-corrected chi connectivity index (χ0v) is 28.1. The molecular formula is C38H48O10. The summed E-state index contributed by atoms with van der Waals surface area (Å²) in [4.78, 5) is 0. The maximum absolute atomic E-state index is 10.7. The lowest BCUT2D eigenvalue weighted by Crippen LogP contribution is -2.61. The molecule has 48 heavy (non-hydrogen) atoms. The van der Waals surface area contributed by atoms with Gasteiger partial charge in [0.05, 0.1) is 59.0 Å². The Balaban J connectivity index is 1.40. The van der Waals surface area contributed by atoms with Gasteiger partial charge in [-0.3, -0.25) is 0 Å². The van der Waals surface area contributed by atoms with Gasteiger partial charge in [0, 0.05) is 6.42 Å². The molecule has 260 valence electrons. The number of aliphatic hydroxyl groups is 1. The molecule has 1 N–H and O–H groups in total. The van der Waals surface area contributed by atoms with Crippen molar-refractivity contribution in [3.05, 3.63) is 108 Å². The van der Waals surface area contributed by atoms with Gasteiger partial charge in [-0.15, -0.1) is 6.58 Å². The van der Waals surface area contributed by atoms with Gasteiger partial charge < -0.3 is 47.7 Å². The van der Waals surface area contributed by atoms with Crippen LogP contribution in [-0.4, -0.2) is 81.2 Å². The van der Waals surface area contributed by atoms with Crippen LogP contribution in [0.4, 0.5) is 0 Å². The van der Waals surface area contributed by atoms with Crippen molar-refractivity contribution in [2.45, 2.75) is 95.4 Å². The second-order valence-electron chi connectivity index (χ2n) is 12.0. The molecule has 0 bridgehead atoms. The summed E-state index contributed by atoms with van der Waals surface area (Å²) in [7, 11) is 3.27. The van der Waals surface area contributed by atoms with Crippen molar-refractivity contribution in [3.8, 4) is 11.5 Å². The van der Waals surface area contributed by atoms with E-state index in [2.05, 4.69) is 6.58 Å². The topological polar surface area (TPSA) is 103 Å². The molecule has 2 aliphatic rings. The Kier molecular flexibility index (Phi) is 13.4. The first-order chi connectivity index (χ1) is 23.4. The molecular weight excluding hydrogens is 616 g/mol. The van der Waals surface area contributed by atoms with Crippen LogP contribution < -0.4 is 9.47 Å². The van der Waals surface area contributed by atoms with E-state index in [-0.39, 0.29) is 13.2 Å². The van der Waals surface area contributed by atoms with Crippen molar-refractivity contribution in [2.75, 3.05) is 20.8 Å². The van der Waals surface area contributed by atoms with Crippen LogP contribution >= 0.6 is 0 Å². The van der Waals surface area contributed by atoms with E-state index in [9.17, 15) is 5.11 Å². The Morgan fingerprint density at radius 3 is 1.83 bits per heavy atom. The van der Waals surface area contributed by atoms with Crippen LogP contribution in [0.2, 0.25) is 0 Å². The summed E-state index contributed by atoms with van der Waals surface area (Å²) in [5.41, 5.74) is 2.90. The van der Waals surface area contributed by atoms with Crippen molar-refractivity contribution in [2.24, 2.45) is 0 Å². The summed E-state index contributed by atoms with van der Waals surface area (Å²) in [6.07, 6.45) is -3.66. The van der Waals surface area contributed by atoms with Crippen LogP contribution in [-0.2, 0) is 53.0 Å². The average molecular weight is 665 g/mol. The van der Waals surface area contributed by atoms with E-state index in [1.165, 1.54) is 0 Å². The minimum Gasteiger partial charge on any atom is -0.497 e. The van der Waals surface area contributed by atoms with E-state index in [1.807, 2.05) is 85.8 Å². The van der Waals surface area contributed by atoms with E-state index in [0.717, 1.165) is 28.2 Å². The van der Waals surface area contributed by atoms with E-state index >= 15 is 0 Å². The summed E-state index contributed by atoms with van der Waals surface area (Å²) >= 11 is 0. The number of methoxy groups -OCH3 is 2. The molecule has 0 saturated carbocycles. The van der Waals surface area contributed by atoms with Crippen molar-refractivity contribution >= 4 is 0 Å². The summed E-state index contributed by atoms with van der Waals surface area (Å²) < 4.78 is 55.6. The monoisotopic (exact) mass is 664 g/mol. The summed E-state index contributed by atoms with van der Waals surface area (Å²) in [6, 6.07) is 25.3. The third-order valence-electron chi connectivity index (χ3n) is 8.58. The highest BCUT2D eigenvalue weighted by atomic mass is 16.7. The lowest BCUT2D eigenvalue weighted by atomic mass is 9.97. The number of aliphatic hydroxyl groups excluding tert-OH is 1. The van der Waals surface area contributed by atoms with Gasteiger partial charge in [-0.2, -0.15) is 0 Å². The Morgan fingerprint density at radius 2 is 1.25 bits per heavy atom. The highest BCUT2D eigenvalue weighted by Gasteiger charge is 2.49. The van der Waals surface area contributed by atoms with Gasteiger partial charge in [-0.05, 0) is 54.8 Å². The maximum atomic E-state index is 10.7. The fourth-order valence-electron chi connectivity index (χ4n) is 5.87. The third kappa shape index (κ3) is 9.64. The number of ether oxygens (including phenoxy) is 9. The first-order valence-electron chi connectivity index (χ1n) is 16.4. The molecule has 0 spiro atoms. The first-order valence-corrected chi connectivity index (χ1v) is 16.4. The SMILES string of the molecule is C=CCO[C@@H]1C[C@H](O[C@H]2[C@H](OCc3ccccc3)[C@@H](OCc3ccc(OC)cc3)C(OCc3ccc(OC)cc3)O[C@@H]2C)O[C@H](C)[C@H]1O. The van der Waals surface area contributed by atoms with Crippen LogP contribution in [0.1, 0.15) is 37.0 Å². The normalized spacial score (nSPS) is 28.9. The number of rotatable bonds is 16.